The second kappa shape index (κ2) is 5.41. The second-order valence-corrected chi connectivity index (χ2v) is 7.15. The van der Waals surface area contributed by atoms with Crippen LogP contribution in [0.2, 0.25) is 0 Å². The third-order valence-electron chi connectivity index (χ3n) is 2.38. The van der Waals surface area contributed by atoms with Gasteiger partial charge < -0.3 is 9.64 Å². The Balaban J connectivity index is 3.31. The van der Waals surface area contributed by atoms with Gasteiger partial charge in [0, 0.05) is 14.1 Å². The highest BCUT2D eigenvalue weighted by molar-refractivity contribution is 7.89. The quantitative estimate of drug-likeness (QED) is 0.851. The molecule has 7 heteroatoms. The van der Waals surface area contributed by atoms with Crippen LogP contribution >= 0.6 is 0 Å². The molecule has 0 atom stereocenters. The van der Waals surface area contributed by atoms with E-state index in [-0.39, 0.29) is 10.5 Å². The summed E-state index contributed by atoms with van der Waals surface area (Å²) in [4.78, 5) is 13.5. The third kappa shape index (κ3) is 4.21. The van der Waals surface area contributed by atoms with Crippen LogP contribution in [-0.2, 0) is 14.8 Å². The number of hydrogen-bond acceptors (Lipinski definition) is 5. The fourth-order valence-corrected chi connectivity index (χ4v) is 2.41. The molecule has 0 amide bonds. The zero-order valence-corrected chi connectivity index (χ0v) is 13.1. The summed E-state index contributed by atoms with van der Waals surface area (Å²) in [7, 11) is -0.544. The van der Waals surface area contributed by atoms with Gasteiger partial charge in [-0.25, -0.2) is 18.4 Å². The molecule has 0 aromatic heterocycles. The van der Waals surface area contributed by atoms with Crippen LogP contribution < -0.4 is 10.0 Å². The summed E-state index contributed by atoms with van der Waals surface area (Å²) in [5.74, 6) is -0.590. The Labute approximate surface area is 119 Å². The van der Waals surface area contributed by atoms with Crippen molar-refractivity contribution in [1.29, 1.82) is 0 Å². The van der Waals surface area contributed by atoms with Crippen LogP contribution in [0.4, 0.5) is 5.69 Å². The first-order chi connectivity index (χ1) is 8.92. The van der Waals surface area contributed by atoms with Crippen molar-refractivity contribution < 1.29 is 17.9 Å². The van der Waals surface area contributed by atoms with E-state index in [1.807, 2.05) is 0 Å². The number of benzene rings is 1. The van der Waals surface area contributed by atoms with Crippen molar-refractivity contribution in [3.63, 3.8) is 0 Å². The van der Waals surface area contributed by atoms with Gasteiger partial charge >= 0.3 is 5.97 Å². The number of sulfonamides is 1. The van der Waals surface area contributed by atoms with Gasteiger partial charge in [-0.3, -0.25) is 0 Å². The highest BCUT2D eigenvalue weighted by atomic mass is 32.2. The molecule has 0 spiro atoms. The van der Waals surface area contributed by atoms with Gasteiger partial charge in [-0.15, -0.1) is 0 Å². The number of carbonyl (C=O) groups is 1. The maximum absolute atomic E-state index is 11.9. The van der Waals surface area contributed by atoms with Gasteiger partial charge in [0.2, 0.25) is 10.0 Å². The molecule has 1 rings (SSSR count). The van der Waals surface area contributed by atoms with Crippen molar-refractivity contribution in [3.05, 3.63) is 23.8 Å². The van der Waals surface area contributed by atoms with Crippen LogP contribution in [0.15, 0.2) is 23.1 Å². The number of ether oxygens (including phenoxy) is 1. The second-order valence-electron chi connectivity index (χ2n) is 5.62. The summed E-state index contributed by atoms with van der Waals surface area (Å²) >= 11 is 0. The smallest absolute Gasteiger partial charge is 0.338 e. The predicted octanol–water partition coefficient (Wildman–Crippen LogP) is 1.36. The zero-order valence-electron chi connectivity index (χ0n) is 12.3. The van der Waals surface area contributed by atoms with Crippen molar-refractivity contribution in [2.75, 3.05) is 19.0 Å². The molecule has 20 heavy (non-hydrogen) atoms. The summed E-state index contributed by atoms with van der Waals surface area (Å²) in [6.07, 6.45) is 0. The van der Waals surface area contributed by atoms with E-state index in [1.165, 1.54) is 18.2 Å². The van der Waals surface area contributed by atoms with Gasteiger partial charge in [0.15, 0.2) is 0 Å². The monoisotopic (exact) mass is 300 g/mol. The van der Waals surface area contributed by atoms with Gasteiger partial charge in [-0.2, -0.15) is 0 Å². The first-order valence-electron chi connectivity index (χ1n) is 5.99. The van der Waals surface area contributed by atoms with Gasteiger partial charge in [0.1, 0.15) is 10.5 Å². The van der Waals surface area contributed by atoms with Gasteiger partial charge in [0.25, 0.3) is 0 Å². The van der Waals surface area contributed by atoms with Crippen LogP contribution in [0.25, 0.3) is 0 Å². The minimum atomic E-state index is -3.93. The lowest BCUT2D eigenvalue weighted by Gasteiger charge is -2.21. The molecule has 0 radical (unpaired) electrons. The molecule has 0 heterocycles. The fraction of sp³-hybridized carbons (Fsp3) is 0.462. The van der Waals surface area contributed by atoms with Gasteiger partial charge in [-0.05, 0) is 39.0 Å². The highest BCUT2D eigenvalue weighted by Crippen LogP contribution is 2.25. The lowest BCUT2D eigenvalue weighted by atomic mass is 10.1. The first kappa shape index (κ1) is 16.5. The van der Waals surface area contributed by atoms with Crippen molar-refractivity contribution in [1.82, 2.24) is 0 Å². The largest absolute Gasteiger partial charge is 0.456 e. The number of carbonyl (C=O) groups excluding carboxylic acids is 1. The average Bonchev–Trinajstić information content (AvgIpc) is 2.24. The molecule has 0 saturated carbocycles. The fourth-order valence-electron chi connectivity index (χ4n) is 1.58. The number of primary sulfonamides is 1. The molecule has 0 saturated heterocycles. The number of nitrogens with zero attached hydrogens (tertiary/aromatic N) is 1. The minimum absolute atomic E-state index is 0.106. The summed E-state index contributed by atoms with van der Waals surface area (Å²) in [5.41, 5.74) is -0.0895. The maximum atomic E-state index is 11.9. The van der Waals surface area contributed by atoms with Crippen LogP contribution in [0.1, 0.15) is 31.1 Å². The summed E-state index contributed by atoms with van der Waals surface area (Å²) in [6, 6.07) is 4.27. The van der Waals surface area contributed by atoms with Gasteiger partial charge in [-0.1, -0.05) is 0 Å². The SMILES string of the molecule is CN(C)c1ccc(C(=O)OC(C)(C)C)cc1S(N)(=O)=O. The van der Waals surface area contributed by atoms with E-state index in [4.69, 9.17) is 9.88 Å². The first-order valence-corrected chi connectivity index (χ1v) is 7.54. The number of hydrogen-bond donors (Lipinski definition) is 1. The molecule has 1 aromatic carbocycles. The Kier molecular flexibility index (Phi) is 4.45. The molecule has 0 aliphatic rings. The van der Waals surface area contributed by atoms with Crippen LogP contribution in [0.5, 0.6) is 0 Å². The molecular formula is C13H20N2O4S. The van der Waals surface area contributed by atoms with Crippen LogP contribution in [0.3, 0.4) is 0 Å². The zero-order chi connectivity index (χ0) is 15.7. The molecule has 0 aliphatic carbocycles. The van der Waals surface area contributed by atoms with Crippen LogP contribution in [-0.4, -0.2) is 34.1 Å². The number of anilines is 1. The number of rotatable bonds is 3. The Bertz CT molecular complexity index is 616. The van der Waals surface area contributed by atoms with E-state index in [0.29, 0.717) is 5.69 Å². The van der Waals surface area contributed by atoms with E-state index in [9.17, 15) is 13.2 Å². The molecule has 0 aliphatic heterocycles. The third-order valence-corrected chi connectivity index (χ3v) is 3.32. The number of nitrogens with two attached hydrogens (primary N) is 1. The highest BCUT2D eigenvalue weighted by Gasteiger charge is 2.22. The summed E-state index contributed by atoms with van der Waals surface area (Å²) < 4.78 is 28.4. The maximum Gasteiger partial charge on any atom is 0.338 e. The van der Waals surface area contributed by atoms with Gasteiger partial charge in [0.05, 0.1) is 11.3 Å². The minimum Gasteiger partial charge on any atom is -0.456 e. The van der Waals surface area contributed by atoms with E-state index in [1.54, 1.807) is 39.8 Å². The molecule has 6 nitrogen and oxygen atoms in total. The van der Waals surface area contributed by atoms with Crippen molar-refractivity contribution in [3.8, 4) is 0 Å². The summed E-state index contributed by atoms with van der Waals surface area (Å²) in [6.45, 7) is 5.21. The van der Waals surface area contributed by atoms with E-state index in [0.717, 1.165) is 0 Å². The molecule has 112 valence electrons. The number of esters is 1. The molecule has 1 aromatic rings. The summed E-state index contributed by atoms with van der Waals surface area (Å²) in [5, 5.41) is 5.19. The normalized spacial score (nSPS) is 12.1. The van der Waals surface area contributed by atoms with Crippen LogP contribution in [0, 0.1) is 0 Å². The predicted molar refractivity (Wildman–Crippen MR) is 77.3 cm³/mol. The molecular weight excluding hydrogens is 280 g/mol. The molecule has 0 unspecified atom stereocenters. The lowest BCUT2D eigenvalue weighted by molar-refractivity contribution is 0.00693. The standard InChI is InChI=1S/C13H20N2O4S/c1-13(2,3)19-12(16)9-6-7-10(15(4)5)11(8-9)20(14,17)18/h6-8H,1-5H3,(H2,14,17,18). The van der Waals surface area contributed by atoms with Crippen molar-refractivity contribution >= 4 is 21.7 Å². The Morgan fingerprint density at radius 3 is 2.20 bits per heavy atom. The lowest BCUT2D eigenvalue weighted by Crippen LogP contribution is -2.25. The van der Waals surface area contributed by atoms with Crippen molar-refractivity contribution in [2.45, 2.75) is 31.3 Å². The van der Waals surface area contributed by atoms with Crippen molar-refractivity contribution in [2.24, 2.45) is 5.14 Å². The van der Waals surface area contributed by atoms with E-state index >= 15 is 0 Å². The van der Waals surface area contributed by atoms with E-state index in [2.05, 4.69) is 0 Å². The topological polar surface area (TPSA) is 89.7 Å². The Morgan fingerprint density at radius 1 is 1.25 bits per heavy atom. The average molecular weight is 300 g/mol. The molecule has 2 N–H and O–H groups in total. The Hall–Kier alpha value is -1.60. The molecule has 0 bridgehead atoms. The van der Waals surface area contributed by atoms with E-state index < -0.39 is 21.6 Å². The molecule has 0 fully saturated rings. The Morgan fingerprint density at radius 2 is 1.80 bits per heavy atom.